The molecule has 170 valence electrons. The zero-order chi connectivity index (χ0) is 22.4. The first-order chi connectivity index (χ1) is 14.7. The lowest BCUT2D eigenvalue weighted by molar-refractivity contribution is -0.0211. The molecule has 1 aromatic carbocycles. The molecule has 1 N–H and O–H groups in total. The van der Waals surface area contributed by atoms with Crippen molar-refractivity contribution in [2.75, 3.05) is 6.61 Å². The van der Waals surface area contributed by atoms with E-state index in [-0.39, 0.29) is 33.9 Å². The Morgan fingerprint density at radius 3 is 2.61 bits per heavy atom. The van der Waals surface area contributed by atoms with Gasteiger partial charge in [-0.2, -0.15) is 0 Å². The predicted octanol–water partition coefficient (Wildman–Crippen LogP) is 7.20. The molecule has 4 atom stereocenters. The molecule has 4 heteroatoms. The summed E-state index contributed by atoms with van der Waals surface area (Å²) in [5.74, 6) is 0.710. The van der Waals surface area contributed by atoms with E-state index in [1.165, 1.54) is 36.5 Å². The number of aliphatic hydroxyl groups excluding tert-OH is 1. The summed E-state index contributed by atoms with van der Waals surface area (Å²) in [5, 5.41) is 10.2. The molecule has 1 heterocycles. The fraction of sp³-hybridized carbons (Fsp3) is 0.630. The summed E-state index contributed by atoms with van der Waals surface area (Å²) in [6, 6.07) is 5.18. The van der Waals surface area contributed by atoms with Crippen molar-refractivity contribution in [2.24, 2.45) is 22.7 Å². The van der Waals surface area contributed by atoms with Crippen LogP contribution in [0.15, 0.2) is 35.9 Å². The number of rotatable bonds is 5. The predicted molar refractivity (Wildman–Crippen MR) is 125 cm³/mol. The van der Waals surface area contributed by atoms with Crippen LogP contribution in [0.25, 0.3) is 5.57 Å². The average Bonchev–Trinajstić information content (AvgIpc) is 3.06. The van der Waals surface area contributed by atoms with Crippen molar-refractivity contribution in [1.29, 1.82) is 0 Å². The van der Waals surface area contributed by atoms with Crippen LogP contribution in [0.1, 0.15) is 71.8 Å². The topological polar surface area (TPSA) is 29.5 Å². The maximum Gasteiger partial charge on any atom is 0.141 e. The van der Waals surface area contributed by atoms with Gasteiger partial charge in [0.15, 0.2) is 0 Å². The van der Waals surface area contributed by atoms with Crippen LogP contribution in [-0.4, -0.2) is 23.9 Å². The first-order valence-electron chi connectivity index (χ1n) is 11.8. The van der Waals surface area contributed by atoms with E-state index in [2.05, 4.69) is 39.8 Å². The van der Waals surface area contributed by atoms with Crippen molar-refractivity contribution in [3.63, 3.8) is 0 Å². The number of benzene rings is 1. The summed E-state index contributed by atoms with van der Waals surface area (Å²) >= 11 is 6.22. The monoisotopic (exact) mass is 446 g/mol. The number of ether oxygens (including phenoxy) is 1. The molecule has 2 unspecified atom stereocenters. The lowest BCUT2D eigenvalue weighted by Gasteiger charge is -2.46. The first-order valence-corrected chi connectivity index (χ1v) is 12.2. The van der Waals surface area contributed by atoms with Crippen molar-refractivity contribution >= 4 is 17.2 Å². The quantitative estimate of drug-likeness (QED) is 0.518. The zero-order valence-electron chi connectivity index (χ0n) is 19.3. The van der Waals surface area contributed by atoms with E-state index in [1.54, 1.807) is 6.07 Å². The van der Waals surface area contributed by atoms with Gasteiger partial charge in [0.2, 0.25) is 0 Å². The van der Waals surface area contributed by atoms with E-state index >= 15 is 0 Å². The van der Waals surface area contributed by atoms with Crippen molar-refractivity contribution in [2.45, 2.75) is 78.4 Å². The number of halogens is 2. The summed E-state index contributed by atoms with van der Waals surface area (Å²) in [7, 11) is 0. The molecule has 2 nitrogen and oxygen atoms in total. The van der Waals surface area contributed by atoms with Crippen molar-refractivity contribution < 1.29 is 14.2 Å². The van der Waals surface area contributed by atoms with E-state index in [0.29, 0.717) is 31.3 Å². The number of fused-ring (bicyclic) bond motifs is 2. The standard InChI is InChI=1S/C27H36ClFO2/c1-17(2)26-10-11-27(16-26,18(3)4)23(7-6-21-14-20(30)9-12-31-21)22(15-26)19-5-8-25(29)24(28)13-19/h5-8,13,17-18,20-21,30H,9-12,14-16H2,1-4H3/b7-6+/t20-,21+,26?,27?/m1/s1. The average molecular weight is 447 g/mol. The Morgan fingerprint density at radius 1 is 1.19 bits per heavy atom. The van der Waals surface area contributed by atoms with Crippen molar-refractivity contribution in [3.05, 3.63) is 52.3 Å². The van der Waals surface area contributed by atoms with Gasteiger partial charge in [0.1, 0.15) is 5.82 Å². The second kappa shape index (κ2) is 8.65. The molecular formula is C27H36ClFO2. The molecule has 2 fully saturated rings. The van der Waals surface area contributed by atoms with E-state index in [0.717, 1.165) is 12.0 Å². The minimum Gasteiger partial charge on any atom is -0.393 e. The minimum atomic E-state index is -0.372. The molecule has 0 amide bonds. The smallest absolute Gasteiger partial charge is 0.141 e. The normalized spacial score (nSPS) is 33.8. The van der Waals surface area contributed by atoms with Crippen LogP contribution in [0.3, 0.4) is 0 Å². The largest absolute Gasteiger partial charge is 0.393 e. The molecule has 1 saturated heterocycles. The third-order valence-corrected chi connectivity index (χ3v) is 8.78. The van der Waals surface area contributed by atoms with Crippen LogP contribution in [0.5, 0.6) is 0 Å². The molecule has 2 aliphatic carbocycles. The molecule has 3 aliphatic rings. The van der Waals surface area contributed by atoms with Gasteiger partial charge in [0.05, 0.1) is 17.2 Å². The number of aliphatic hydroxyl groups is 1. The molecule has 1 saturated carbocycles. The fourth-order valence-corrected chi connectivity index (χ4v) is 6.44. The highest BCUT2D eigenvalue weighted by Gasteiger charge is 2.56. The highest BCUT2D eigenvalue weighted by Crippen LogP contribution is 2.67. The van der Waals surface area contributed by atoms with Crippen LogP contribution in [-0.2, 0) is 4.74 Å². The fourth-order valence-electron chi connectivity index (χ4n) is 6.26. The van der Waals surface area contributed by atoms with Crippen LogP contribution in [0, 0.1) is 28.5 Å². The molecule has 1 aliphatic heterocycles. The molecule has 0 aromatic heterocycles. The lowest BCUT2D eigenvalue weighted by Crippen LogP contribution is -2.36. The Kier molecular flexibility index (Phi) is 6.42. The number of hydrogen-bond acceptors (Lipinski definition) is 2. The zero-order valence-corrected chi connectivity index (χ0v) is 20.0. The van der Waals surface area contributed by atoms with Gasteiger partial charge < -0.3 is 9.84 Å². The van der Waals surface area contributed by atoms with E-state index < -0.39 is 0 Å². The minimum absolute atomic E-state index is 0.0586. The summed E-state index contributed by atoms with van der Waals surface area (Å²) in [5.41, 5.74) is 4.08. The van der Waals surface area contributed by atoms with E-state index in [4.69, 9.17) is 16.3 Å². The van der Waals surface area contributed by atoms with Gasteiger partial charge in [-0.1, -0.05) is 57.5 Å². The number of hydrogen-bond donors (Lipinski definition) is 1. The summed E-state index contributed by atoms with van der Waals surface area (Å²) in [4.78, 5) is 0. The van der Waals surface area contributed by atoms with Gasteiger partial charge in [0.25, 0.3) is 0 Å². The van der Waals surface area contributed by atoms with Crippen LogP contribution in [0.2, 0.25) is 5.02 Å². The Labute approximate surface area is 191 Å². The molecule has 31 heavy (non-hydrogen) atoms. The van der Waals surface area contributed by atoms with Crippen LogP contribution < -0.4 is 0 Å². The maximum atomic E-state index is 14.0. The third kappa shape index (κ3) is 4.14. The second-order valence-corrected chi connectivity index (χ2v) is 11.1. The second-order valence-electron chi connectivity index (χ2n) is 10.6. The summed E-state index contributed by atoms with van der Waals surface area (Å²) in [6.45, 7) is 9.98. The lowest BCUT2D eigenvalue weighted by atomic mass is 9.58. The molecule has 0 spiro atoms. The SMILES string of the molecule is CC(C)C12CCC(C(C)C)(C1)C(/C=C/[C@H]1C[C@H](O)CCO1)=C(c1ccc(F)c(Cl)c1)C2. The van der Waals surface area contributed by atoms with Crippen LogP contribution >= 0.6 is 11.6 Å². The first kappa shape index (κ1) is 23.0. The Hall–Kier alpha value is -1.16. The molecule has 0 radical (unpaired) electrons. The van der Waals surface area contributed by atoms with Gasteiger partial charge in [-0.25, -0.2) is 4.39 Å². The van der Waals surface area contributed by atoms with Crippen molar-refractivity contribution in [1.82, 2.24) is 0 Å². The van der Waals surface area contributed by atoms with E-state index in [9.17, 15) is 9.50 Å². The third-order valence-electron chi connectivity index (χ3n) is 8.49. The number of allylic oxidation sites excluding steroid dienone is 3. The van der Waals surface area contributed by atoms with Gasteiger partial charge in [-0.3, -0.25) is 0 Å². The molecule has 1 aromatic rings. The Morgan fingerprint density at radius 2 is 1.97 bits per heavy atom. The van der Waals surface area contributed by atoms with Gasteiger partial charge in [0, 0.05) is 13.0 Å². The van der Waals surface area contributed by atoms with E-state index in [1.807, 2.05) is 6.07 Å². The van der Waals surface area contributed by atoms with Gasteiger partial charge >= 0.3 is 0 Å². The summed E-state index contributed by atoms with van der Waals surface area (Å²) in [6.07, 6.45) is 10.0. The molecule has 4 rings (SSSR count). The van der Waals surface area contributed by atoms with Crippen molar-refractivity contribution in [3.8, 4) is 0 Å². The van der Waals surface area contributed by atoms with Crippen LogP contribution in [0.4, 0.5) is 4.39 Å². The highest BCUT2D eigenvalue weighted by molar-refractivity contribution is 6.30. The molecular weight excluding hydrogens is 411 g/mol. The summed E-state index contributed by atoms with van der Waals surface area (Å²) < 4.78 is 19.9. The van der Waals surface area contributed by atoms with Gasteiger partial charge in [-0.05, 0) is 83.6 Å². The molecule has 2 bridgehead atoms. The Bertz CT molecular complexity index is 889. The van der Waals surface area contributed by atoms with Gasteiger partial charge in [-0.15, -0.1) is 0 Å². The Balaban J connectivity index is 1.84. The highest BCUT2D eigenvalue weighted by atomic mass is 35.5. The maximum absolute atomic E-state index is 14.0.